The summed E-state index contributed by atoms with van der Waals surface area (Å²) < 4.78 is 0. The van der Waals surface area contributed by atoms with Gasteiger partial charge in [0.15, 0.2) is 0 Å². The van der Waals surface area contributed by atoms with Crippen LogP contribution in [-0.4, -0.2) is 17.8 Å². The van der Waals surface area contributed by atoms with E-state index in [1.165, 1.54) is 6.42 Å². The lowest BCUT2D eigenvalue weighted by molar-refractivity contribution is -0.323. The Morgan fingerprint density at radius 1 is 0.957 bits per heavy atom. The maximum Gasteiger partial charge on any atom is 0.242 e. The van der Waals surface area contributed by atoms with Gasteiger partial charge in [0.25, 0.3) is 0 Å². The van der Waals surface area contributed by atoms with Crippen LogP contribution in [0.15, 0.2) is 0 Å². The molecule has 1 spiro atoms. The molecule has 3 fully saturated rings. The van der Waals surface area contributed by atoms with Gasteiger partial charge in [-0.2, -0.15) is 0 Å². The smallest absolute Gasteiger partial charge is 0.242 e. The second-order valence-corrected chi connectivity index (χ2v) is 8.38. The summed E-state index contributed by atoms with van der Waals surface area (Å²) in [5.74, 6) is -1.97. The lowest BCUT2D eigenvalue weighted by Crippen LogP contribution is -2.52. The third-order valence-corrected chi connectivity index (χ3v) is 7.16. The van der Waals surface area contributed by atoms with Crippen molar-refractivity contribution in [3.05, 3.63) is 0 Å². The van der Waals surface area contributed by atoms with Crippen molar-refractivity contribution in [2.24, 2.45) is 28.1 Å². The van der Waals surface area contributed by atoms with Crippen molar-refractivity contribution in [2.45, 2.75) is 59.3 Å². The van der Waals surface area contributed by atoms with E-state index in [1.807, 2.05) is 0 Å². The summed E-state index contributed by atoms with van der Waals surface area (Å²) in [6, 6.07) is 0. The number of carboxylic acid groups (broad SMARTS) is 1. The summed E-state index contributed by atoms with van der Waals surface area (Å²) in [6.45, 7) is 5.21. The van der Waals surface area contributed by atoms with Crippen molar-refractivity contribution < 1.29 is 19.5 Å². The Morgan fingerprint density at radius 2 is 1.52 bits per heavy atom. The van der Waals surface area contributed by atoms with Gasteiger partial charge in [-0.25, -0.2) is 0 Å². The van der Waals surface area contributed by atoms with Crippen LogP contribution in [0.2, 0.25) is 0 Å². The van der Waals surface area contributed by atoms with E-state index in [9.17, 15) is 19.5 Å². The van der Waals surface area contributed by atoms with E-state index in [0.29, 0.717) is 12.8 Å². The molecule has 2 amide bonds. The fourth-order valence-electron chi connectivity index (χ4n) is 4.52. The number of carbonyl (C=O) groups is 3. The zero-order chi connectivity index (χ0) is 17.0. The quantitative estimate of drug-likeness (QED) is 0.740. The molecule has 2 N–H and O–H groups in total. The molecule has 3 atom stereocenters. The number of carbonyl (C=O) groups excluding carboxylic acids is 3. The molecule has 0 aliphatic heterocycles. The minimum Gasteiger partial charge on any atom is -0.550 e. The summed E-state index contributed by atoms with van der Waals surface area (Å²) in [5.41, 5.74) is 3.50. The van der Waals surface area contributed by atoms with Gasteiger partial charge < -0.3 is 9.90 Å². The Morgan fingerprint density at radius 3 is 1.91 bits per heavy atom. The number of hydrogen-bond acceptors (Lipinski definition) is 4. The number of nitrogens with one attached hydrogen (secondary N) is 2. The Bertz CT molecular complexity index is 567. The first-order chi connectivity index (χ1) is 10.6. The first-order valence-electron chi connectivity index (χ1n) is 8.45. The van der Waals surface area contributed by atoms with E-state index >= 15 is 0 Å². The molecule has 0 radical (unpaired) electrons. The van der Waals surface area contributed by atoms with E-state index in [1.54, 1.807) is 20.8 Å². The number of hydrogen-bond donors (Lipinski definition) is 2. The number of aliphatic carboxylic acids is 1. The summed E-state index contributed by atoms with van der Waals surface area (Å²) >= 11 is 0. The Hall–Kier alpha value is -1.59. The van der Waals surface area contributed by atoms with Gasteiger partial charge in [0.2, 0.25) is 11.8 Å². The standard InChI is InChI=1S/C17H26N2O4/c1-15(2)10(5-8-16(15,3)14(22)23)12(20)18-19-13(21)11-9-17(11)6-4-7-17/h10-11H,4-9H2,1-3H3,(H,18,20)(H,19,21)(H,22,23)/p-1/t10-,11+,16+/m1/s1. The predicted octanol–water partition coefficient (Wildman–Crippen LogP) is 0.516. The first kappa shape index (κ1) is 16.3. The van der Waals surface area contributed by atoms with Crippen LogP contribution in [-0.2, 0) is 14.4 Å². The molecule has 3 rings (SSSR count). The van der Waals surface area contributed by atoms with Gasteiger partial charge in [-0.3, -0.25) is 20.4 Å². The van der Waals surface area contributed by atoms with Gasteiger partial charge in [-0.05, 0) is 42.9 Å². The first-order valence-corrected chi connectivity index (χ1v) is 8.45. The van der Waals surface area contributed by atoms with Crippen LogP contribution in [0, 0.1) is 28.1 Å². The van der Waals surface area contributed by atoms with Crippen LogP contribution < -0.4 is 16.0 Å². The summed E-state index contributed by atoms with van der Waals surface area (Å²) in [7, 11) is 0. The molecule has 0 bridgehead atoms. The van der Waals surface area contributed by atoms with Crippen molar-refractivity contribution in [3.63, 3.8) is 0 Å². The average Bonchev–Trinajstić information content (AvgIpc) is 3.14. The highest BCUT2D eigenvalue weighted by atomic mass is 16.4. The van der Waals surface area contributed by atoms with Gasteiger partial charge in [0.1, 0.15) is 0 Å². The van der Waals surface area contributed by atoms with Gasteiger partial charge >= 0.3 is 0 Å². The maximum atomic E-state index is 12.4. The van der Waals surface area contributed by atoms with Gasteiger partial charge in [-0.15, -0.1) is 0 Å². The van der Waals surface area contributed by atoms with Crippen molar-refractivity contribution >= 4 is 17.8 Å². The Labute approximate surface area is 136 Å². The minimum absolute atomic E-state index is 0.0293. The zero-order valence-electron chi connectivity index (χ0n) is 14.0. The van der Waals surface area contributed by atoms with Crippen molar-refractivity contribution in [1.29, 1.82) is 0 Å². The SMILES string of the molecule is CC1(C)[C@@H](C(=O)NNC(=O)[C@@H]2CC23CCC3)CC[C@@]1(C)C(=O)[O-]. The van der Waals surface area contributed by atoms with E-state index < -0.39 is 22.7 Å². The van der Waals surface area contributed by atoms with Crippen LogP contribution in [0.5, 0.6) is 0 Å². The molecule has 23 heavy (non-hydrogen) atoms. The van der Waals surface area contributed by atoms with E-state index in [4.69, 9.17) is 0 Å². The Balaban J connectivity index is 1.57. The number of carboxylic acids is 1. The van der Waals surface area contributed by atoms with Crippen molar-refractivity contribution in [3.8, 4) is 0 Å². The van der Waals surface area contributed by atoms with Crippen LogP contribution >= 0.6 is 0 Å². The third kappa shape index (κ3) is 2.25. The molecule has 3 aliphatic carbocycles. The lowest BCUT2D eigenvalue weighted by atomic mass is 9.65. The highest BCUT2D eigenvalue weighted by molar-refractivity contribution is 5.88. The molecule has 3 saturated carbocycles. The summed E-state index contributed by atoms with van der Waals surface area (Å²) in [6.07, 6.45) is 5.21. The molecule has 6 heteroatoms. The normalized spacial score (nSPS) is 36.1. The number of hydrazine groups is 1. The molecular weight excluding hydrogens is 296 g/mol. The van der Waals surface area contributed by atoms with E-state index in [-0.39, 0.29) is 23.1 Å². The fraction of sp³-hybridized carbons (Fsp3) is 0.824. The molecule has 3 aliphatic rings. The second kappa shape index (κ2) is 4.95. The van der Waals surface area contributed by atoms with Gasteiger partial charge in [0, 0.05) is 23.2 Å². The van der Waals surface area contributed by atoms with Crippen LogP contribution in [0.1, 0.15) is 59.3 Å². The second-order valence-electron chi connectivity index (χ2n) is 8.38. The largest absolute Gasteiger partial charge is 0.550 e. The van der Waals surface area contributed by atoms with Crippen molar-refractivity contribution in [2.75, 3.05) is 0 Å². The highest BCUT2D eigenvalue weighted by Crippen LogP contribution is 2.65. The third-order valence-electron chi connectivity index (χ3n) is 7.16. The zero-order valence-corrected chi connectivity index (χ0v) is 14.0. The minimum atomic E-state index is -1.12. The van der Waals surface area contributed by atoms with E-state index in [0.717, 1.165) is 19.3 Å². The highest BCUT2D eigenvalue weighted by Gasteiger charge is 2.61. The fourth-order valence-corrected chi connectivity index (χ4v) is 4.52. The molecule has 6 nitrogen and oxygen atoms in total. The van der Waals surface area contributed by atoms with Gasteiger partial charge in [0.05, 0.1) is 0 Å². The molecule has 0 aromatic rings. The Kier molecular flexibility index (Phi) is 3.50. The van der Waals surface area contributed by atoms with Crippen molar-refractivity contribution in [1.82, 2.24) is 10.9 Å². The maximum absolute atomic E-state index is 12.4. The monoisotopic (exact) mass is 321 g/mol. The molecule has 0 unspecified atom stereocenters. The molecule has 128 valence electrons. The molecule has 0 aromatic heterocycles. The predicted molar refractivity (Wildman–Crippen MR) is 80.3 cm³/mol. The summed E-state index contributed by atoms with van der Waals surface area (Å²) in [5, 5.41) is 11.5. The molecule has 0 aromatic carbocycles. The molecule has 0 heterocycles. The molecular formula is C17H25N2O4-. The molecule has 0 saturated heterocycles. The number of amides is 2. The summed E-state index contributed by atoms with van der Waals surface area (Å²) in [4.78, 5) is 36.0. The van der Waals surface area contributed by atoms with Crippen LogP contribution in [0.25, 0.3) is 0 Å². The number of rotatable bonds is 3. The van der Waals surface area contributed by atoms with Gasteiger partial charge in [-0.1, -0.05) is 27.2 Å². The lowest BCUT2D eigenvalue weighted by Gasteiger charge is -2.41. The van der Waals surface area contributed by atoms with Crippen LogP contribution in [0.3, 0.4) is 0 Å². The van der Waals surface area contributed by atoms with E-state index in [2.05, 4.69) is 10.9 Å². The average molecular weight is 321 g/mol. The van der Waals surface area contributed by atoms with Crippen LogP contribution in [0.4, 0.5) is 0 Å². The topological polar surface area (TPSA) is 98.3 Å².